The molecule has 1 nitrogen and oxygen atoms in total. The molecular weight excluding hydrogens is 160 g/mol. The molecule has 0 atom stereocenters. The molecule has 0 fully saturated rings. The fourth-order valence-electron chi connectivity index (χ4n) is 1.74. The third-order valence-corrected chi connectivity index (χ3v) is 2.60. The Morgan fingerprint density at radius 1 is 0.846 bits per heavy atom. The molecule has 1 aliphatic rings. The van der Waals surface area contributed by atoms with Crippen LogP contribution in [0.2, 0.25) is 0 Å². The van der Waals surface area contributed by atoms with Crippen molar-refractivity contribution in [2.24, 2.45) is 0 Å². The molecule has 0 aromatic rings. The van der Waals surface area contributed by atoms with Gasteiger partial charge < -0.3 is 0 Å². The molecule has 0 aromatic heterocycles. The summed E-state index contributed by atoms with van der Waals surface area (Å²) in [6, 6.07) is 0. The van der Waals surface area contributed by atoms with Gasteiger partial charge in [-0.1, -0.05) is 38.2 Å². The number of hydrogen-bond donors (Lipinski definition) is 0. The van der Waals surface area contributed by atoms with Crippen LogP contribution in [0.15, 0.2) is 12.2 Å². The summed E-state index contributed by atoms with van der Waals surface area (Å²) in [4.78, 5) is 11.2. The Hall–Kier alpha value is -0.590. The van der Waals surface area contributed by atoms with E-state index in [2.05, 4.69) is 0 Å². The van der Waals surface area contributed by atoms with E-state index in [0.717, 1.165) is 19.3 Å². The van der Waals surface area contributed by atoms with Crippen molar-refractivity contribution in [2.75, 3.05) is 0 Å². The van der Waals surface area contributed by atoms with Crippen LogP contribution in [0.1, 0.15) is 57.8 Å². The van der Waals surface area contributed by atoms with Crippen LogP contribution in [-0.2, 0) is 4.79 Å². The highest BCUT2D eigenvalue weighted by Crippen LogP contribution is 2.11. The van der Waals surface area contributed by atoms with Crippen molar-refractivity contribution >= 4 is 5.78 Å². The summed E-state index contributed by atoms with van der Waals surface area (Å²) in [6.45, 7) is 0. The Bertz CT molecular complexity index is 170. The molecule has 0 radical (unpaired) electrons. The van der Waals surface area contributed by atoms with E-state index in [1.807, 2.05) is 6.08 Å². The molecule has 1 heteroatoms. The largest absolute Gasteiger partial charge is 0.295 e. The molecule has 1 rings (SSSR count). The van der Waals surface area contributed by atoms with Gasteiger partial charge in [0.05, 0.1) is 0 Å². The first-order valence-corrected chi connectivity index (χ1v) is 5.59. The fourth-order valence-corrected chi connectivity index (χ4v) is 1.74. The van der Waals surface area contributed by atoms with Gasteiger partial charge in [0.2, 0.25) is 0 Å². The lowest BCUT2D eigenvalue weighted by Gasteiger charge is -2.02. The topological polar surface area (TPSA) is 17.1 Å². The second-order valence-electron chi connectivity index (χ2n) is 3.88. The molecule has 13 heavy (non-hydrogen) atoms. The van der Waals surface area contributed by atoms with Crippen molar-refractivity contribution in [2.45, 2.75) is 57.8 Å². The van der Waals surface area contributed by atoms with E-state index >= 15 is 0 Å². The minimum absolute atomic E-state index is 0.320. The zero-order valence-electron chi connectivity index (χ0n) is 8.43. The van der Waals surface area contributed by atoms with E-state index in [1.54, 1.807) is 6.08 Å². The van der Waals surface area contributed by atoms with Crippen LogP contribution in [0.4, 0.5) is 0 Å². The maximum Gasteiger partial charge on any atom is 0.155 e. The van der Waals surface area contributed by atoms with Crippen molar-refractivity contribution < 1.29 is 4.79 Å². The van der Waals surface area contributed by atoms with E-state index in [4.69, 9.17) is 0 Å². The van der Waals surface area contributed by atoms with Crippen molar-refractivity contribution in [1.82, 2.24) is 0 Å². The third kappa shape index (κ3) is 5.62. The molecule has 0 saturated carbocycles. The smallest absolute Gasteiger partial charge is 0.155 e. The lowest BCUT2D eigenvalue weighted by molar-refractivity contribution is -0.114. The molecule has 0 unspecified atom stereocenters. The Balaban J connectivity index is 2.26. The zero-order valence-corrected chi connectivity index (χ0v) is 8.43. The summed E-state index contributed by atoms with van der Waals surface area (Å²) < 4.78 is 0. The van der Waals surface area contributed by atoms with E-state index in [1.165, 1.54) is 38.5 Å². The highest BCUT2D eigenvalue weighted by Gasteiger charge is 1.98. The average molecular weight is 180 g/mol. The number of hydrogen-bond acceptors (Lipinski definition) is 1. The molecular formula is C12H20O. The van der Waals surface area contributed by atoms with Crippen LogP contribution in [0.5, 0.6) is 0 Å². The summed E-state index contributed by atoms with van der Waals surface area (Å²) in [7, 11) is 0. The molecule has 0 aliphatic heterocycles. The van der Waals surface area contributed by atoms with Gasteiger partial charge >= 0.3 is 0 Å². The van der Waals surface area contributed by atoms with Gasteiger partial charge in [-0.25, -0.2) is 0 Å². The van der Waals surface area contributed by atoms with Crippen LogP contribution in [0.25, 0.3) is 0 Å². The summed E-state index contributed by atoms with van der Waals surface area (Å²) in [5, 5.41) is 0. The van der Waals surface area contributed by atoms with E-state index in [-0.39, 0.29) is 0 Å². The zero-order chi connectivity index (χ0) is 9.36. The van der Waals surface area contributed by atoms with Crippen molar-refractivity contribution in [3.05, 3.63) is 12.2 Å². The van der Waals surface area contributed by atoms with Crippen LogP contribution in [-0.4, -0.2) is 5.78 Å². The van der Waals surface area contributed by atoms with Crippen molar-refractivity contribution in [3.63, 3.8) is 0 Å². The maximum atomic E-state index is 11.2. The van der Waals surface area contributed by atoms with Crippen LogP contribution in [0, 0.1) is 0 Å². The predicted molar refractivity (Wildman–Crippen MR) is 55.7 cm³/mol. The predicted octanol–water partition coefficient (Wildman–Crippen LogP) is 3.64. The molecule has 1 aliphatic carbocycles. The van der Waals surface area contributed by atoms with Gasteiger partial charge in [0.1, 0.15) is 0 Å². The molecule has 0 N–H and O–H groups in total. The lowest BCUT2D eigenvalue weighted by atomic mass is 10.0. The van der Waals surface area contributed by atoms with Gasteiger partial charge in [0.25, 0.3) is 0 Å². The van der Waals surface area contributed by atoms with E-state index in [9.17, 15) is 4.79 Å². The van der Waals surface area contributed by atoms with Crippen LogP contribution < -0.4 is 0 Å². The van der Waals surface area contributed by atoms with Crippen molar-refractivity contribution in [3.8, 4) is 0 Å². The molecule has 74 valence electrons. The molecule has 0 bridgehead atoms. The summed E-state index contributed by atoms with van der Waals surface area (Å²) in [6.07, 6.45) is 14.6. The first-order chi connectivity index (χ1) is 6.39. The monoisotopic (exact) mass is 180 g/mol. The summed E-state index contributed by atoms with van der Waals surface area (Å²) >= 11 is 0. The summed E-state index contributed by atoms with van der Waals surface area (Å²) in [5.74, 6) is 0.320. The molecule has 0 heterocycles. The third-order valence-electron chi connectivity index (χ3n) is 2.60. The molecule has 0 amide bonds. The first kappa shape index (κ1) is 10.5. The number of carbonyl (C=O) groups is 1. The maximum absolute atomic E-state index is 11.2. The number of carbonyl (C=O) groups excluding carboxylic acids is 1. The molecule has 0 saturated heterocycles. The molecule has 0 spiro atoms. The number of rotatable bonds is 0. The van der Waals surface area contributed by atoms with Crippen LogP contribution >= 0.6 is 0 Å². The first-order valence-electron chi connectivity index (χ1n) is 5.59. The van der Waals surface area contributed by atoms with Gasteiger partial charge in [-0.2, -0.15) is 0 Å². The van der Waals surface area contributed by atoms with Gasteiger partial charge in [-0.3, -0.25) is 4.79 Å². The van der Waals surface area contributed by atoms with E-state index in [0.29, 0.717) is 5.78 Å². The second kappa shape index (κ2) is 6.88. The lowest BCUT2D eigenvalue weighted by Crippen LogP contribution is -1.93. The SMILES string of the molecule is O=C1C=CCCCCCCCCC1. The Kier molecular flexibility index (Phi) is 5.55. The average Bonchev–Trinajstić information content (AvgIpc) is 2.11. The minimum Gasteiger partial charge on any atom is -0.295 e. The highest BCUT2D eigenvalue weighted by molar-refractivity contribution is 5.89. The normalized spacial score (nSPS) is 22.0. The molecule has 0 aromatic carbocycles. The quantitative estimate of drug-likeness (QED) is 0.556. The standard InChI is InChI=1S/C12H20O/c13-12-10-8-6-4-2-1-3-5-7-9-11-12/h8,10H,1-7,9,11H2. The van der Waals surface area contributed by atoms with Crippen molar-refractivity contribution in [1.29, 1.82) is 0 Å². The Morgan fingerprint density at radius 2 is 1.46 bits per heavy atom. The highest BCUT2D eigenvalue weighted by atomic mass is 16.1. The van der Waals surface area contributed by atoms with Crippen LogP contribution in [0.3, 0.4) is 0 Å². The van der Waals surface area contributed by atoms with Gasteiger partial charge in [0.15, 0.2) is 5.78 Å². The number of allylic oxidation sites excluding steroid dienone is 2. The van der Waals surface area contributed by atoms with E-state index < -0.39 is 0 Å². The second-order valence-corrected chi connectivity index (χ2v) is 3.88. The van der Waals surface area contributed by atoms with Gasteiger partial charge in [-0.15, -0.1) is 0 Å². The Morgan fingerprint density at radius 3 is 2.23 bits per heavy atom. The van der Waals surface area contributed by atoms with Gasteiger partial charge in [-0.05, 0) is 25.3 Å². The minimum atomic E-state index is 0.320. The fraction of sp³-hybridized carbons (Fsp3) is 0.750. The Labute approximate surface area is 81.2 Å². The summed E-state index contributed by atoms with van der Waals surface area (Å²) in [5.41, 5.74) is 0. The van der Waals surface area contributed by atoms with Gasteiger partial charge in [0, 0.05) is 6.42 Å². The number of ketones is 1.